The number of halogens is 2. The Bertz CT molecular complexity index is 820. The number of alkyl halides is 2. The van der Waals surface area contributed by atoms with Crippen LogP contribution in [0.2, 0.25) is 0 Å². The van der Waals surface area contributed by atoms with E-state index in [1.165, 1.54) is 12.3 Å². The largest absolute Gasteiger partial charge is 0.586 e. The van der Waals surface area contributed by atoms with E-state index in [9.17, 15) is 13.6 Å². The van der Waals surface area contributed by atoms with Gasteiger partial charge in [-0.25, -0.2) is 0 Å². The minimum Gasteiger partial charge on any atom is -0.395 e. The Balaban J connectivity index is 1.67. The fraction of sp³-hybridized carbons (Fsp3) is 0.333. The molecule has 1 fully saturated rings. The molecule has 2 aromatic rings. The van der Waals surface area contributed by atoms with E-state index >= 15 is 0 Å². The topological polar surface area (TPSA) is 51.7 Å². The third kappa shape index (κ3) is 3.01. The zero-order valence-corrected chi connectivity index (χ0v) is 13.4. The van der Waals surface area contributed by atoms with E-state index in [0.29, 0.717) is 16.8 Å². The lowest BCUT2D eigenvalue weighted by molar-refractivity contribution is -0.286. The van der Waals surface area contributed by atoms with Crippen LogP contribution in [0.4, 0.5) is 8.78 Å². The average Bonchev–Trinajstić information content (AvgIpc) is 2.95. The number of amides is 1. The van der Waals surface area contributed by atoms with Gasteiger partial charge in [0.1, 0.15) is 0 Å². The van der Waals surface area contributed by atoms with Crippen molar-refractivity contribution in [2.75, 3.05) is 13.1 Å². The number of carbonyl (C=O) groups excluding carboxylic acids is 1. The molecule has 1 saturated heterocycles. The molecule has 0 bridgehead atoms. The predicted octanol–water partition coefficient (Wildman–Crippen LogP) is 3.70. The Morgan fingerprint density at radius 1 is 1.12 bits per heavy atom. The second-order valence-corrected chi connectivity index (χ2v) is 6.08. The summed E-state index contributed by atoms with van der Waals surface area (Å²) in [5.41, 5.74) is 1.24. The first kappa shape index (κ1) is 15.8. The van der Waals surface area contributed by atoms with E-state index in [-0.39, 0.29) is 17.4 Å². The SMILES string of the molecule is O=C(c1ccnc(-c2cccc3c2OC(F)(F)O3)c1)N1CCCCC1. The molecule has 5 nitrogen and oxygen atoms in total. The van der Waals surface area contributed by atoms with Crippen LogP contribution in [-0.2, 0) is 0 Å². The Labute approximate surface area is 143 Å². The molecule has 25 heavy (non-hydrogen) atoms. The van der Waals surface area contributed by atoms with Crippen molar-refractivity contribution in [2.24, 2.45) is 0 Å². The van der Waals surface area contributed by atoms with Gasteiger partial charge >= 0.3 is 6.29 Å². The summed E-state index contributed by atoms with van der Waals surface area (Å²) in [5, 5.41) is 0. The lowest BCUT2D eigenvalue weighted by Crippen LogP contribution is -2.35. The van der Waals surface area contributed by atoms with Crippen molar-refractivity contribution in [1.82, 2.24) is 9.88 Å². The number of ether oxygens (including phenoxy) is 2. The number of carbonyl (C=O) groups is 1. The molecule has 1 amide bonds. The number of aromatic nitrogens is 1. The van der Waals surface area contributed by atoms with E-state index < -0.39 is 6.29 Å². The zero-order chi connectivity index (χ0) is 17.4. The molecule has 0 N–H and O–H groups in total. The van der Waals surface area contributed by atoms with Gasteiger partial charge in [-0.1, -0.05) is 6.07 Å². The maximum absolute atomic E-state index is 13.4. The average molecular weight is 346 g/mol. The van der Waals surface area contributed by atoms with Crippen molar-refractivity contribution in [2.45, 2.75) is 25.6 Å². The number of likely N-dealkylation sites (tertiary alicyclic amines) is 1. The van der Waals surface area contributed by atoms with Gasteiger partial charge in [0.05, 0.1) is 5.69 Å². The molecule has 7 heteroatoms. The van der Waals surface area contributed by atoms with Gasteiger partial charge in [-0.3, -0.25) is 9.78 Å². The zero-order valence-electron chi connectivity index (χ0n) is 13.4. The Hall–Kier alpha value is -2.70. The summed E-state index contributed by atoms with van der Waals surface area (Å²) in [6.45, 7) is 1.47. The highest BCUT2D eigenvalue weighted by Gasteiger charge is 2.44. The molecule has 0 atom stereocenters. The second-order valence-electron chi connectivity index (χ2n) is 6.08. The number of rotatable bonds is 2. The van der Waals surface area contributed by atoms with Crippen molar-refractivity contribution >= 4 is 5.91 Å². The maximum atomic E-state index is 13.4. The molecule has 0 unspecified atom stereocenters. The molecule has 0 saturated carbocycles. The van der Waals surface area contributed by atoms with E-state index in [2.05, 4.69) is 14.5 Å². The van der Waals surface area contributed by atoms with Gasteiger partial charge in [-0.05, 0) is 43.5 Å². The molecule has 1 aromatic carbocycles. The lowest BCUT2D eigenvalue weighted by Gasteiger charge is -2.26. The number of fused-ring (bicyclic) bond motifs is 1. The molecular weight excluding hydrogens is 330 g/mol. The summed E-state index contributed by atoms with van der Waals surface area (Å²) in [6.07, 6.45) is 0.929. The molecule has 0 radical (unpaired) electrons. The van der Waals surface area contributed by atoms with Crippen LogP contribution >= 0.6 is 0 Å². The number of piperidine rings is 1. The van der Waals surface area contributed by atoms with Crippen LogP contribution in [0.25, 0.3) is 11.3 Å². The minimum atomic E-state index is -3.69. The summed E-state index contributed by atoms with van der Waals surface area (Å²) < 4.78 is 35.8. The van der Waals surface area contributed by atoms with Crippen molar-refractivity contribution in [3.05, 3.63) is 42.1 Å². The lowest BCUT2D eigenvalue weighted by atomic mass is 10.1. The number of hydrogen-bond acceptors (Lipinski definition) is 4. The summed E-state index contributed by atoms with van der Waals surface area (Å²) in [7, 11) is 0. The van der Waals surface area contributed by atoms with Crippen LogP contribution in [0.15, 0.2) is 36.5 Å². The van der Waals surface area contributed by atoms with Gasteiger partial charge < -0.3 is 14.4 Å². The van der Waals surface area contributed by atoms with Crippen molar-refractivity contribution in [3.63, 3.8) is 0 Å². The summed E-state index contributed by atoms with van der Waals surface area (Å²) in [6, 6.07) is 7.84. The standard InChI is InChI=1S/C18H16F2N2O3/c19-18(20)24-15-6-4-5-13(16(15)25-18)14-11-12(7-8-21-14)17(23)22-9-2-1-3-10-22/h4-8,11H,1-3,9-10H2. The van der Waals surface area contributed by atoms with E-state index in [1.54, 1.807) is 24.3 Å². The quantitative estimate of drug-likeness (QED) is 0.832. The molecule has 0 spiro atoms. The third-order valence-corrected chi connectivity index (χ3v) is 4.35. The van der Waals surface area contributed by atoms with Crippen LogP contribution in [0, 0.1) is 0 Å². The molecule has 4 rings (SSSR count). The second kappa shape index (κ2) is 5.98. The Morgan fingerprint density at radius 3 is 2.72 bits per heavy atom. The highest BCUT2D eigenvalue weighted by Crippen LogP contribution is 2.46. The van der Waals surface area contributed by atoms with Gasteiger partial charge in [0.15, 0.2) is 11.5 Å². The molecule has 0 aliphatic carbocycles. The fourth-order valence-corrected chi connectivity index (χ4v) is 3.16. The smallest absolute Gasteiger partial charge is 0.395 e. The van der Waals surface area contributed by atoms with E-state index in [1.807, 2.05) is 4.90 Å². The van der Waals surface area contributed by atoms with Gasteiger partial charge in [0.25, 0.3) is 5.91 Å². The van der Waals surface area contributed by atoms with Gasteiger partial charge in [-0.15, -0.1) is 8.78 Å². The highest BCUT2D eigenvalue weighted by molar-refractivity contribution is 5.95. The first-order chi connectivity index (χ1) is 12.0. The van der Waals surface area contributed by atoms with Gasteiger partial charge in [-0.2, -0.15) is 0 Å². The molecule has 1 aromatic heterocycles. The number of para-hydroxylation sites is 1. The monoisotopic (exact) mass is 346 g/mol. The number of hydrogen-bond donors (Lipinski definition) is 0. The summed E-state index contributed by atoms with van der Waals surface area (Å²) in [5.74, 6) is -0.182. The van der Waals surface area contributed by atoms with Crippen molar-refractivity contribution < 1.29 is 23.0 Å². The molecule has 2 aliphatic heterocycles. The van der Waals surface area contributed by atoms with Crippen molar-refractivity contribution in [3.8, 4) is 22.8 Å². The van der Waals surface area contributed by atoms with Crippen LogP contribution in [-0.4, -0.2) is 35.2 Å². The normalized spacial score (nSPS) is 18.2. The van der Waals surface area contributed by atoms with Crippen LogP contribution < -0.4 is 9.47 Å². The molecule has 3 heterocycles. The summed E-state index contributed by atoms with van der Waals surface area (Å²) in [4.78, 5) is 18.7. The number of pyridine rings is 1. The molecule has 2 aliphatic rings. The van der Waals surface area contributed by atoms with Crippen molar-refractivity contribution in [1.29, 1.82) is 0 Å². The number of nitrogens with zero attached hydrogens (tertiary/aromatic N) is 2. The predicted molar refractivity (Wildman–Crippen MR) is 85.6 cm³/mol. The number of benzene rings is 1. The van der Waals surface area contributed by atoms with Gasteiger partial charge in [0.2, 0.25) is 0 Å². The van der Waals surface area contributed by atoms with E-state index in [4.69, 9.17) is 0 Å². The minimum absolute atomic E-state index is 0.0444. The third-order valence-electron chi connectivity index (χ3n) is 4.35. The van der Waals surface area contributed by atoms with Gasteiger partial charge in [0, 0.05) is 30.4 Å². The first-order valence-electron chi connectivity index (χ1n) is 8.18. The Morgan fingerprint density at radius 2 is 1.92 bits per heavy atom. The highest BCUT2D eigenvalue weighted by atomic mass is 19.3. The van der Waals surface area contributed by atoms with Crippen LogP contribution in [0.3, 0.4) is 0 Å². The van der Waals surface area contributed by atoms with Crippen LogP contribution in [0.5, 0.6) is 11.5 Å². The maximum Gasteiger partial charge on any atom is 0.586 e. The van der Waals surface area contributed by atoms with Crippen LogP contribution in [0.1, 0.15) is 29.6 Å². The molecular formula is C18H16F2N2O3. The first-order valence-corrected chi connectivity index (χ1v) is 8.18. The molecule has 130 valence electrons. The van der Waals surface area contributed by atoms with E-state index in [0.717, 1.165) is 32.4 Å². The fourth-order valence-electron chi connectivity index (χ4n) is 3.16. The Kier molecular flexibility index (Phi) is 3.78. The summed E-state index contributed by atoms with van der Waals surface area (Å²) >= 11 is 0.